The van der Waals surface area contributed by atoms with Gasteiger partial charge in [-0.1, -0.05) is 30.3 Å². The Morgan fingerprint density at radius 1 is 0.900 bits per heavy atom. The van der Waals surface area contributed by atoms with E-state index in [2.05, 4.69) is 10.6 Å². The van der Waals surface area contributed by atoms with Gasteiger partial charge in [-0.2, -0.15) is 0 Å². The van der Waals surface area contributed by atoms with Crippen LogP contribution in [-0.4, -0.2) is 11.9 Å². The molecule has 0 radical (unpaired) electrons. The van der Waals surface area contributed by atoms with Crippen molar-refractivity contribution in [3.63, 3.8) is 0 Å². The Balaban J connectivity index is 1.75. The molecule has 1 atom stereocenters. The van der Waals surface area contributed by atoms with Gasteiger partial charge in [-0.25, -0.2) is 13.6 Å². The highest BCUT2D eigenvalue weighted by Gasteiger charge is 2.19. The summed E-state index contributed by atoms with van der Waals surface area (Å²) < 4.78 is 32.2. The van der Waals surface area contributed by atoms with E-state index in [4.69, 9.17) is 10.5 Å². The predicted octanol–water partition coefficient (Wildman–Crippen LogP) is 4.50. The number of anilines is 1. The molecule has 0 saturated carbocycles. The van der Waals surface area contributed by atoms with Gasteiger partial charge in [-0.15, -0.1) is 0 Å². The van der Waals surface area contributed by atoms with Crippen molar-refractivity contribution in [2.45, 2.75) is 12.5 Å². The van der Waals surface area contributed by atoms with E-state index >= 15 is 0 Å². The highest BCUT2D eigenvalue weighted by atomic mass is 19.2. The molecule has 154 valence electrons. The average molecular weight is 411 g/mol. The monoisotopic (exact) mass is 411 g/mol. The molecule has 0 unspecified atom stereocenters. The number of hydrogen-bond acceptors (Lipinski definition) is 3. The van der Waals surface area contributed by atoms with Gasteiger partial charge in [0.2, 0.25) is 5.91 Å². The second-order valence-electron chi connectivity index (χ2n) is 6.43. The zero-order valence-electron chi connectivity index (χ0n) is 15.8. The van der Waals surface area contributed by atoms with E-state index in [0.29, 0.717) is 17.1 Å². The smallest absolute Gasteiger partial charge is 0.312 e. The molecule has 3 aromatic carbocycles. The Kier molecular flexibility index (Phi) is 6.59. The molecule has 0 aliphatic heterocycles. The maximum atomic E-state index is 13.3. The number of amides is 3. The fraction of sp³-hybridized carbons (Fsp3) is 0.0909. The molecule has 0 heterocycles. The number of hydrogen-bond donors (Lipinski definition) is 3. The summed E-state index contributed by atoms with van der Waals surface area (Å²) in [5.74, 6) is -1.47. The molecule has 0 bridgehead atoms. The van der Waals surface area contributed by atoms with Crippen molar-refractivity contribution in [1.29, 1.82) is 0 Å². The number of carbonyl (C=O) groups excluding carboxylic acids is 2. The summed E-state index contributed by atoms with van der Waals surface area (Å²) in [6.45, 7) is 0. The topological polar surface area (TPSA) is 93.5 Å². The summed E-state index contributed by atoms with van der Waals surface area (Å²) in [6, 6.07) is 17.4. The van der Waals surface area contributed by atoms with Gasteiger partial charge in [0.1, 0.15) is 11.5 Å². The molecule has 8 heteroatoms. The number of halogens is 2. The molecule has 4 N–H and O–H groups in total. The lowest BCUT2D eigenvalue weighted by molar-refractivity contribution is -0.116. The Morgan fingerprint density at radius 2 is 1.63 bits per heavy atom. The number of nitrogens with one attached hydrogen (secondary N) is 2. The molecule has 0 aliphatic rings. The summed E-state index contributed by atoms with van der Waals surface area (Å²) in [5, 5.41) is 4.98. The van der Waals surface area contributed by atoms with Gasteiger partial charge in [-0.05, 0) is 42.0 Å². The summed E-state index contributed by atoms with van der Waals surface area (Å²) in [5.41, 5.74) is 5.93. The maximum absolute atomic E-state index is 13.3. The maximum Gasteiger partial charge on any atom is 0.312 e. The molecule has 0 aromatic heterocycles. The van der Waals surface area contributed by atoms with Crippen LogP contribution in [0.5, 0.6) is 11.5 Å². The number of nitrogens with two attached hydrogens (primary N) is 1. The Hall–Kier alpha value is -3.94. The van der Waals surface area contributed by atoms with Gasteiger partial charge in [0.15, 0.2) is 11.6 Å². The molecular weight excluding hydrogens is 392 g/mol. The van der Waals surface area contributed by atoms with E-state index in [1.165, 1.54) is 6.07 Å². The molecule has 30 heavy (non-hydrogen) atoms. The first-order valence-electron chi connectivity index (χ1n) is 9.04. The van der Waals surface area contributed by atoms with Crippen molar-refractivity contribution in [3.8, 4) is 11.5 Å². The summed E-state index contributed by atoms with van der Waals surface area (Å²) >= 11 is 0. The van der Waals surface area contributed by atoms with Crippen molar-refractivity contribution < 1.29 is 23.1 Å². The van der Waals surface area contributed by atoms with E-state index in [1.54, 1.807) is 36.4 Å². The van der Waals surface area contributed by atoms with Crippen molar-refractivity contribution >= 4 is 17.6 Å². The Morgan fingerprint density at radius 3 is 2.33 bits per heavy atom. The van der Waals surface area contributed by atoms with Crippen molar-refractivity contribution in [2.24, 2.45) is 5.73 Å². The molecule has 0 saturated heterocycles. The first-order valence-corrected chi connectivity index (χ1v) is 9.04. The lowest BCUT2D eigenvalue weighted by Crippen LogP contribution is -2.35. The van der Waals surface area contributed by atoms with Gasteiger partial charge in [0.25, 0.3) is 0 Å². The second-order valence-corrected chi connectivity index (χ2v) is 6.43. The fourth-order valence-corrected chi connectivity index (χ4v) is 2.81. The molecule has 0 spiro atoms. The number of urea groups is 1. The van der Waals surface area contributed by atoms with Crippen molar-refractivity contribution in [1.82, 2.24) is 5.32 Å². The van der Waals surface area contributed by atoms with Crippen LogP contribution in [-0.2, 0) is 4.79 Å². The van der Waals surface area contributed by atoms with Crippen LogP contribution < -0.4 is 21.1 Å². The van der Waals surface area contributed by atoms with Gasteiger partial charge < -0.3 is 21.1 Å². The van der Waals surface area contributed by atoms with Crippen molar-refractivity contribution in [3.05, 3.63) is 90.0 Å². The lowest BCUT2D eigenvalue weighted by atomic mass is 10.0. The molecule has 3 aromatic rings. The zero-order valence-corrected chi connectivity index (χ0v) is 15.8. The third kappa shape index (κ3) is 5.78. The van der Waals surface area contributed by atoms with Crippen LogP contribution in [0.15, 0.2) is 72.8 Å². The first kappa shape index (κ1) is 20.8. The number of ether oxygens (including phenoxy) is 1. The fourth-order valence-electron chi connectivity index (χ4n) is 2.81. The summed E-state index contributed by atoms with van der Waals surface area (Å²) in [6.07, 6.45) is -0.184. The van der Waals surface area contributed by atoms with Crippen molar-refractivity contribution in [2.75, 3.05) is 5.32 Å². The van der Waals surface area contributed by atoms with Gasteiger partial charge >= 0.3 is 6.03 Å². The van der Waals surface area contributed by atoms with Crippen LogP contribution in [0.1, 0.15) is 18.0 Å². The van der Waals surface area contributed by atoms with Crippen LogP contribution in [0.3, 0.4) is 0 Å². The Labute approximate surface area is 171 Å². The average Bonchev–Trinajstić information content (AvgIpc) is 2.71. The molecule has 0 aliphatic carbocycles. The van der Waals surface area contributed by atoms with E-state index in [0.717, 1.165) is 12.1 Å². The number of rotatable bonds is 7. The second kappa shape index (κ2) is 9.51. The normalized spacial score (nSPS) is 11.4. The number of carbonyl (C=O) groups is 2. The third-order valence-electron chi connectivity index (χ3n) is 4.15. The van der Waals surface area contributed by atoms with Gasteiger partial charge in [0, 0.05) is 11.8 Å². The molecule has 3 amide bonds. The summed E-state index contributed by atoms with van der Waals surface area (Å²) in [4.78, 5) is 23.8. The predicted molar refractivity (Wildman–Crippen MR) is 108 cm³/mol. The molecular formula is C22H19F2N3O3. The quantitative estimate of drug-likeness (QED) is 0.535. The highest BCUT2D eigenvalue weighted by Crippen LogP contribution is 2.26. The molecule has 0 fully saturated rings. The van der Waals surface area contributed by atoms with E-state index in [-0.39, 0.29) is 12.1 Å². The minimum absolute atomic E-state index is 0.0953. The summed E-state index contributed by atoms with van der Waals surface area (Å²) in [7, 11) is 0. The standard InChI is InChI=1S/C22H19F2N3O3/c23-18-10-9-15(12-19(18)24)26-21(28)13-20(27-22(25)29)14-5-4-8-17(11-14)30-16-6-2-1-3-7-16/h1-12,20H,13H2,(H,26,28)(H3,25,27,29)/t20-/m0/s1. The number of para-hydroxylation sites is 1. The van der Waals surface area contributed by atoms with Gasteiger partial charge in [-0.3, -0.25) is 4.79 Å². The largest absolute Gasteiger partial charge is 0.457 e. The van der Waals surface area contributed by atoms with Crippen LogP contribution in [0.25, 0.3) is 0 Å². The minimum atomic E-state index is -1.08. The first-order chi connectivity index (χ1) is 14.4. The SMILES string of the molecule is NC(=O)N[C@@H](CC(=O)Nc1ccc(F)c(F)c1)c1cccc(Oc2ccccc2)c1. The van der Waals surface area contributed by atoms with E-state index in [1.807, 2.05) is 18.2 Å². The van der Waals surface area contributed by atoms with E-state index in [9.17, 15) is 18.4 Å². The van der Waals surface area contributed by atoms with Crippen LogP contribution in [0.2, 0.25) is 0 Å². The highest BCUT2D eigenvalue weighted by molar-refractivity contribution is 5.91. The van der Waals surface area contributed by atoms with Crippen LogP contribution in [0.4, 0.5) is 19.3 Å². The molecule has 3 rings (SSSR count). The number of benzene rings is 3. The number of primary amides is 1. The minimum Gasteiger partial charge on any atom is -0.457 e. The van der Waals surface area contributed by atoms with Crippen LogP contribution >= 0.6 is 0 Å². The van der Waals surface area contributed by atoms with Gasteiger partial charge in [0.05, 0.1) is 12.5 Å². The lowest BCUT2D eigenvalue weighted by Gasteiger charge is -2.19. The Bertz CT molecular complexity index is 1040. The van der Waals surface area contributed by atoms with E-state index < -0.39 is 29.6 Å². The third-order valence-corrected chi connectivity index (χ3v) is 4.15. The molecule has 6 nitrogen and oxygen atoms in total. The van der Waals surface area contributed by atoms with Crippen LogP contribution in [0, 0.1) is 11.6 Å². The zero-order chi connectivity index (χ0) is 21.5.